The van der Waals surface area contributed by atoms with Crippen LogP contribution in [-0.4, -0.2) is 24.2 Å². The van der Waals surface area contributed by atoms with Gasteiger partial charge in [-0.1, -0.05) is 23.8 Å². The second kappa shape index (κ2) is 6.76. The molecule has 2 aromatic rings. The summed E-state index contributed by atoms with van der Waals surface area (Å²) >= 11 is 0. The van der Waals surface area contributed by atoms with E-state index in [4.69, 9.17) is 4.74 Å². The van der Waals surface area contributed by atoms with Gasteiger partial charge in [-0.2, -0.15) is 0 Å². The number of esters is 2. The van der Waals surface area contributed by atoms with Gasteiger partial charge in [0.15, 0.2) is 0 Å². The number of aryl methyl sites for hydroxylation is 1. The predicted octanol–water partition coefficient (Wildman–Crippen LogP) is 2.84. The second-order valence-corrected chi connectivity index (χ2v) is 4.79. The Bertz CT molecular complexity index is 689. The van der Waals surface area contributed by atoms with Gasteiger partial charge in [-0.15, -0.1) is 0 Å². The summed E-state index contributed by atoms with van der Waals surface area (Å²) < 4.78 is 9.77. The van der Waals surface area contributed by atoms with Crippen molar-refractivity contribution in [2.45, 2.75) is 13.5 Å². The quantitative estimate of drug-likeness (QED) is 0.879. The fourth-order valence-electron chi connectivity index (χ4n) is 1.89. The molecule has 0 saturated carbocycles. The topological polar surface area (TPSA) is 72.8 Å². The van der Waals surface area contributed by atoms with Gasteiger partial charge in [0, 0.05) is 0 Å². The molecule has 0 aliphatic carbocycles. The lowest BCUT2D eigenvalue weighted by molar-refractivity contribution is 0.0468. The Hall–Kier alpha value is -2.82. The average Bonchev–Trinajstić information content (AvgIpc) is 2.54. The Labute approximate surface area is 128 Å². The molecule has 0 unspecified atom stereocenters. The molecule has 0 aliphatic rings. The number of ether oxygens (including phenoxy) is 2. The van der Waals surface area contributed by atoms with E-state index in [0.717, 1.165) is 11.1 Å². The van der Waals surface area contributed by atoms with Crippen LogP contribution < -0.4 is 0 Å². The maximum Gasteiger partial charge on any atom is 0.342 e. The van der Waals surface area contributed by atoms with Gasteiger partial charge in [-0.3, -0.25) is 0 Å². The van der Waals surface area contributed by atoms with Crippen LogP contribution in [0.5, 0.6) is 5.75 Å². The molecule has 0 spiro atoms. The number of methoxy groups -OCH3 is 1. The third-order valence-electron chi connectivity index (χ3n) is 3.12. The number of carbonyl (C=O) groups excluding carboxylic acids is 2. The number of phenols is 1. The van der Waals surface area contributed by atoms with E-state index < -0.39 is 11.9 Å². The van der Waals surface area contributed by atoms with Gasteiger partial charge < -0.3 is 14.6 Å². The Kier molecular flexibility index (Phi) is 4.78. The van der Waals surface area contributed by atoms with Crippen LogP contribution in [0.4, 0.5) is 0 Å². The van der Waals surface area contributed by atoms with Gasteiger partial charge >= 0.3 is 11.9 Å². The van der Waals surface area contributed by atoms with Crippen molar-refractivity contribution < 1.29 is 24.2 Å². The highest BCUT2D eigenvalue weighted by Crippen LogP contribution is 2.19. The van der Waals surface area contributed by atoms with Gasteiger partial charge in [0.1, 0.15) is 17.9 Å². The SMILES string of the molecule is COC(=O)c1ccc(COC(=O)c2cc(C)ccc2O)cc1. The van der Waals surface area contributed by atoms with Gasteiger partial charge in [-0.25, -0.2) is 9.59 Å². The first kappa shape index (κ1) is 15.6. The van der Waals surface area contributed by atoms with Gasteiger partial charge in [0.25, 0.3) is 0 Å². The van der Waals surface area contributed by atoms with Crippen molar-refractivity contribution in [3.05, 3.63) is 64.7 Å². The number of phenolic OH excluding ortho intramolecular Hbond substituents is 1. The van der Waals surface area contributed by atoms with Crippen LogP contribution in [0.15, 0.2) is 42.5 Å². The third-order valence-corrected chi connectivity index (χ3v) is 3.12. The van der Waals surface area contributed by atoms with Gasteiger partial charge in [0.05, 0.1) is 12.7 Å². The lowest BCUT2D eigenvalue weighted by Crippen LogP contribution is -2.06. The van der Waals surface area contributed by atoms with Crippen LogP contribution in [0, 0.1) is 6.92 Å². The summed E-state index contributed by atoms with van der Waals surface area (Å²) in [7, 11) is 1.31. The van der Waals surface area contributed by atoms with Crippen LogP contribution in [0.2, 0.25) is 0 Å². The summed E-state index contributed by atoms with van der Waals surface area (Å²) in [6, 6.07) is 11.3. The van der Waals surface area contributed by atoms with Crippen LogP contribution in [0.3, 0.4) is 0 Å². The molecule has 1 N–H and O–H groups in total. The monoisotopic (exact) mass is 300 g/mol. The standard InChI is InChI=1S/C17H16O5/c1-11-3-8-15(18)14(9-11)17(20)22-10-12-4-6-13(7-5-12)16(19)21-2/h3-9,18H,10H2,1-2H3. The average molecular weight is 300 g/mol. The molecule has 0 saturated heterocycles. The first-order valence-electron chi connectivity index (χ1n) is 6.65. The zero-order valence-corrected chi connectivity index (χ0v) is 12.3. The summed E-state index contributed by atoms with van der Waals surface area (Å²) in [6.45, 7) is 1.87. The summed E-state index contributed by atoms with van der Waals surface area (Å²) in [6.07, 6.45) is 0. The van der Waals surface area contributed by atoms with Crippen molar-refractivity contribution in [3.8, 4) is 5.75 Å². The molecule has 0 fully saturated rings. The molecule has 0 atom stereocenters. The van der Waals surface area contributed by atoms with E-state index in [0.29, 0.717) is 5.56 Å². The summed E-state index contributed by atoms with van der Waals surface area (Å²) in [5.74, 6) is -1.14. The minimum Gasteiger partial charge on any atom is -0.507 e. The maximum absolute atomic E-state index is 12.0. The lowest BCUT2D eigenvalue weighted by Gasteiger charge is -2.07. The highest BCUT2D eigenvalue weighted by molar-refractivity contribution is 5.92. The van der Waals surface area contributed by atoms with E-state index in [1.54, 1.807) is 36.4 Å². The van der Waals surface area contributed by atoms with E-state index in [1.165, 1.54) is 13.2 Å². The summed E-state index contributed by atoms with van der Waals surface area (Å²) in [5.41, 5.74) is 2.14. The Balaban J connectivity index is 2.02. The molecule has 0 heterocycles. The first-order chi connectivity index (χ1) is 10.5. The normalized spacial score (nSPS) is 10.1. The Morgan fingerprint density at radius 3 is 2.36 bits per heavy atom. The molecule has 0 aliphatic heterocycles. The zero-order chi connectivity index (χ0) is 16.1. The van der Waals surface area contributed by atoms with Crippen molar-refractivity contribution in [1.82, 2.24) is 0 Å². The van der Waals surface area contributed by atoms with E-state index >= 15 is 0 Å². The Morgan fingerprint density at radius 2 is 1.73 bits per heavy atom. The maximum atomic E-state index is 12.0. The van der Waals surface area contributed by atoms with Crippen LogP contribution >= 0.6 is 0 Å². The summed E-state index contributed by atoms with van der Waals surface area (Å²) in [5, 5.41) is 9.67. The highest BCUT2D eigenvalue weighted by atomic mass is 16.5. The molecule has 22 heavy (non-hydrogen) atoms. The third kappa shape index (κ3) is 3.63. The first-order valence-corrected chi connectivity index (χ1v) is 6.65. The number of hydrogen-bond acceptors (Lipinski definition) is 5. The fourth-order valence-corrected chi connectivity index (χ4v) is 1.89. The van der Waals surface area contributed by atoms with E-state index in [-0.39, 0.29) is 17.9 Å². The number of rotatable bonds is 4. The molecule has 0 bridgehead atoms. The minimum atomic E-state index is -0.599. The molecule has 2 rings (SSSR count). The molecule has 2 aromatic carbocycles. The van der Waals surface area contributed by atoms with E-state index in [1.807, 2.05) is 6.92 Å². The lowest BCUT2D eigenvalue weighted by atomic mass is 10.1. The number of carbonyl (C=O) groups is 2. The Morgan fingerprint density at radius 1 is 1.05 bits per heavy atom. The van der Waals surface area contributed by atoms with Crippen molar-refractivity contribution >= 4 is 11.9 Å². The van der Waals surface area contributed by atoms with Crippen molar-refractivity contribution in [1.29, 1.82) is 0 Å². The summed E-state index contributed by atoms with van der Waals surface area (Å²) in [4.78, 5) is 23.3. The largest absolute Gasteiger partial charge is 0.507 e. The molecule has 114 valence electrons. The van der Waals surface area contributed by atoms with E-state index in [2.05, 4.69) is 4.74 Å². The number of hydrogen-bond donors (Lipinski definition) is 1. The van der Waals surface area contributed by atoms with Crippen LogP contribution in [0.1, 0.15) is 31.8 Å². The molecule has 0 aromatic heterocycles. The smallest absolute Gasteiger partial charge is 0.342 e. The molecule has 0 amide bonds. The van der Waals surface area contributed by atoms with Crippen LogP contribution in [-0.2, 0) is 16.1 Å². The number of aromatic hydroxyl groups is 1. The van der Waals surface area contributed by atoms with Crippen molar-refractivity contribution in [2.75, 3.05) is 7.11 Å². The van der Waals surface area contributed by atoms with Gasteiger partial charge in [0.2, 0.25) is 0 Å². The fraction of sp³-hybridized carbons (Fsp3) is 0.176. The number of benzene rings is 2. The van der Waals surface area contributed by atoms with E-state index in [9.17, 15) is 14.7 Å². The highest BCUT2D eigenvalue weighted by Gasteiger charge is 2.13. The molecule has 5 nitrogen and oxygen atoms in total. The molecule has 0 radical (unpaired) electrons. The van der Waals surface area contributed by atoms with Gasteiger partial charge in [-0.05, 0) is 36.8 Å². The second-order valence-electron chi connectivity index (χ2n) is 4.79. The van der Waals surface area contributed by atoms with Crippen LogP contribution in [0.25, 0.3) is 0 Å². The predicted molar refractivity (Wildman–Crippen MR) is 79.7 cm³/mol. The van der Waals surface area contributed by atoms with Crippen molar-refractivity contribution in [2.24, 2.45) is 0 Å². The minimum absolute atomic E-state index is 0.0493. The molecular formula is C17H16O5. The molecule has 5 heteroatoms. The van der Waals surface area contributed by atoms with Crippen molar-refractivity contribution in [3.63, 3.8) is 0 Å². The molecular weight excluding hydrogens is 284 g/mol. The zero-order valence-electron chi connectivity index (χ0n) is 12.3.